The number of hydrogen-bond donors (Lipinski definition) is 6. The molecular weight excluding hydrogens is 1800 g/mol. The highest BCUT2D eigenvalue weighted by atomic mass is 79.9. The van der Waals surface area contributed by atoms with E-state index in [9.17, 15) is 28.8 Å². The van der Waals surface area contributed by atoms with E-state index >= 15 is 8.78 Å². The van der Waals surface area contributed by atoms with Crippen LogP contribution >= 0.6 is 38.6 Å². The Labute approximate surface area is 787 Å². The first-order valence-electron chi connectivity index (χ1n) is 46.0. The van der Waals surface area contributed by atoms with Gasteiger partial charge in [0.15, 0.2) is 0 Å². The number of benzene rings is 4. The summed E-state index contributed by atoms with van der Waals surface area (Å²) in [5.74, 6) is 2.05. The summed E-state index contributed by atoms with van der Waals surface area (Å²) in [7, 11) is 1.35. The van der Waals surface area contributed by atoms with E-state index in [1.807, 2.05) is 157 Å². The number of aromatic amines is 3. The Morgan fingerprint density at radius 2 is 0.887 bits per heavy atom. The van der Waals surface area contributed by atoms with Crippen LogP contribution in [0, 0.1) is 29.4 Å². The lowest BCUT2D eigenvalue weighted by Gasteiger charge is -2.32. The van der Waals surface area contributed by atoms with Gasteiger partial charge < -0.3 is 83.2 Å². The summed E-state index contributed by atoms with van der Waals surface area (Å²) in [4.78, 5) is 117. The van der Waals surface area contributed by atoms with E-state index in [1.54, 1.807) is 51.1 Å². The summed E-state index contributed by atoms with van der Waals surface area (Å²) in [5, 5.41) is 12.2. The van der Waals surface area contributed by atoms with Crippen molar-refractivity contribution in [3.05, 3.63) is 157 Å². The molecule has 6 amide bonds. The molecule has 14 heterocycles. The van der Waals surface area contributed by atoms with Crippen LogP contribution in [0.5, 0.6) is 11.5 Å². The Balaban J connectivity index is 0.000000153. The van der Waals surface area contributed by atoms with Crippen molar-refractivity contribution in [2.45, 2.75) is 251 Å². The Kier molecular flexibility index (Phi) is 25.1. The van der Waals surface area contributed by atoms with Crippen LogP contribution < -0.4 is 36.3 Å². The van der Waals surface area contributed by atoms with Crippen molar-refractivity contribution in [2.75, 3.05) is 33.9 Å². The lowest BCUT2D eigenvalue weighted by molar-refractivity contribution is -0.138. The average molecular weight is 1920 g/mol. The number of fused-ring (bicyclic) bond motifs is 10. The van der Waals surface area contributed by atoms with E-state index in [1.165, 1.54) is 46.1 Å². The molecule has 0 unspecified atom stereocenters. The normalized spacial score (nSPS) is 21.3. The van der Waals surface area contributed by atoms with E-state index in [0.29, 0.717) is 94.6 Å². The quantitative estimate of drug-likeness (QED) is 0.0386. The summed E-state index contributed by atoms with van der Waals surface area (Å²) >= 11 is 6.64. The van der Waals surface area contributed by atoms with Gasteiger partial charge in [-0.3, -0.25) is 28.3 Å². The predicted octanol–water partition coefficient (Wildman–Crippen LogP) is 16.9. The van der Waals surface area contributed by atoms with Crippen molar-refractivity contribution in [3.63, 3.8) is 0 Å². The van der Waals surface area contributed by atoms with Crippen molar-refractivity contribution in [1.82, 2.24) is 79.7 Å². The van der Waals surface area contributed by atoms with Crippen LogP contribution in [0.15, 0.2) is 108 Å². The number of thiazole rings is 2. The van der Waals surface area contributed by atoms with Crippen LogP contribution in [0.1, 0.15) is 248 Å². The number of ether oxygens (including phenoxy) is 4. The molecule has 700 valence electrons. The van der Waals surface area contributed by atoms with Gasteiger partial charge >= 0.3 is 26.4 Å². The van der Waals surface area contributed by atoms with Gasteiger partial charge in [-0.15, -0.1) is 22.7 Å². The first-order valence-corrected chi connectivity index (χ1v) is 48.4. The van der Waals surface area contributed by atoms with Crippen LogP contribution in [0.2, 0.25) is 0 Å². The molecule has 2 aliphatic carbocycles. The number of methoxy groups -OCH3 is 2. The third kappa shape index (κ3) is 17.9. The SMILES string of the molecule is CC1(C)OB(c2cc(F)c3c(c2)O[C@@H](c2cnc(C4CC4)s2)n2c-3cc3cc(B4OC(C)(C)C(C)(C)O4)ccc32)OC1(C)C.COC(=O)N[C@H](C(=O)N1CCC[C@H]1c1ncc(-c2cc(F)c3c(c2)O[C@@H](c2cnc(C4CC4)s2)n2c-3cc3cc(-c4cnc([C@@H]5CCCN5C(=O)[C@@H](NC(C)=O)C(C)C)[nH]4)ccc32)[nH]1)C(C)C.COC(=O)N[C@H](C(=O)N1CCC[C@H]1c1ncc(Br)[nH]1)C(C)C. The third-order valence-corrected chi connectivity index (χ3v) is 30.6. The van der Waals surface area contributed by atoms with Gasteiger partial charge in [-0.2, -0.15) is 0 Å². The molecule has 7 aliphatic heterocycles. The maximum Gasteiger partial charge on any atom is 0.495 e. The zero-order valence-corrected chi connectivity index (χ0v) is 81.0. The molecular formula is C96H113B2BrF2N16O14S2. The summed E-state index contributed by atoms with van der Waals surface area (Å²) in [5.41, 5.74) is 6.26. The number of nitrogens with zero attached hydrogens (tertiary/aromatic N) is 10. The van der Waals surface area contributed by atoms with Crippen molar-refractivity contribution in [1.29, 1.82) is 0 Å². The van der Waals surface area contributed by atoms with Gasteiger partial charge in [-0.25, -0.2) is 43.3 Å². The highest BCUT2D eigenvalue weighted by molar-refractivity contribution is 9.10. The number of carbonyl (C=O) groups excluding carboxylic acids is 6. The molecule has 11 aromatic rings. The molecule has 8 atom stereocenters. The molecule has 4 aromatic carbocycles. The summed E-state index contributed by atoms with van der Waals surface area (Å²) in [6.07, 6.45) is 15.9. The fourth-order valence-electron chi connectivity index (χ4n) is 18.8. The second kappa shape index (κ2) is 36.1. The number of rotatable bonds is 20. The molecule has 9 aliphatic rings. The zero-order chi connectivity index (χ0) is 94.1. The highest BCUT2D eigenvalue weighted by Gasteiger charge is 2.55. The maximum absolute atomic E-state index is 16.9. The second-order valence-electron chi connectivity index (χ2n) is 39.2. The predicted molar refractivity (Wildman–Crippen MR) is 505 cm³/mol. The van der Waals surface area contributed by atoms with Gasteiger partial charge in [-0.1, -0.05) is 59.7 Å². The van der Waals surface area contributed by atoms with Crippen LogP contribution in [0.25, 0.3) is 66.8 Å². The summed E-state index contributed by atoms with van der Waals surface area (Å²) in [6, 6.07) is 20.3. The van der Waals surface area contributed by atoms with E-state index < -0.39 is 85.2 Å². The average Bonchev–Trinajstić information content (AvgIpc) is 1.59. The van der Waals surface area contributed by atoms with E-state index in [0.717, 1.165) is 119 Å². The molecule has 0 spiro atoms. The van der Waals surface area contributed by atoms with E-state index in [4.69, 9.17) is 52.8 Å². The number of halogens is 3. The van der Waals surface area contributed by atoms with Crippen LogP contribution in [0.4, 0.5) is 18.4 Å². The fraction of sp³-hybridized carbons (Fsp3) is 0.490. The highest BCUT2D eigenvalue weighted by Crippen LogP contribution is 2.53. The Bertz CT molecular complexity index is 6290. The van der Waals surface area contributed by atoms with Crippen LogP contribution in [-0.2, 0) is 47.3 Å². The molecule has 20 rings (SSSR count). The minimum Gasteiger partial charge on any atom is -0.464 e. The van der Waals surface area contributed by atoms with E-state index in [2.05, 4.69) is 83.9 Å². The van der Waals surface area contributed by atoms with Crippen molar-refractivity contribution in [3.8, 4) is 56.5 Å². The molecule has 0 radical (unpaired) electrons. The molecule has 5 saturated heterocycles. The number of likely N-dealkylation sites (tertiary alicyclic amines) is 3. The standard InChI is InChI=1S/C49H55FN10O6S.C33H37B2FN2O5S.C14H21BrN4O3/c1-24(2)41(54-26(5)61)46(62)58-15-7-9-35(58)43-51-21-32(55-43)28-13-14-34-30(17-28)19-37-40-31(50)18-29(20-38(40)66-48(60(34)37)39-23-53-45(67-39)27-11-12-27)33-22-52-44(56-33)36-10-8-16-59(36)47(63)42(25(3)4)57-49(64)65-6;1-30(2)31(3,4)41-34(40-30)20-11-12-23-19(13-20)14-24-27-22(36)15-21(35-42-32(5,6)33(7,8)43-35)16-25(27)39-29(38(23)24)26-17-37-28(44-26)18-9-10-18;1-8(2)11(18-14(21)22-3)13(20)19-6-4-5-9(19)12-16-7-10(15)17-12/h13-14,17-25,27,35-36,41-42,48H,7-12,15-16H2,1-6H3,(H,51,55)(H,52,56)(H,54,61)(H,57,64);11-18,29H,9-10H2,1-8H3;7-9,11H,4-6H2,1-3H3,(H,16,17)(H,18,21)/t35-,36-,41-,42-,48-;29-;9-,11-/m000/s1. The fourth-order valence-corrected chi connectivity index (χ4v) is 21.3. The van der Waals surface area contributed by atoms with Crippen LogP contribution in [0.3, 0.4) is 0 Å². The second-order valence-corrected chi connectivity index (χ2v) is 42.2. The number of hydrogen-bond acceptors (Lipinski definition) is 21. The minimum absolute atomic E-state index is 0.0313. The van der Waals surface area contributed by atoms with Gasteiger partial charge in [-0.05, 0) is 219 Å². The van der Waals surface area contributed by atoms with Gasteiger partial charge in [0, 0.05) is 72.7 Å². The third-order valence-electron chi connectivity index (χ3n) is 27.8. The maximum atomic E-state index is 16.9. The molecule has 30 nitrogen and oxygen atoms in total. The number of alkyl carbamates (subject to hydrolysis) is 2. The number of amides is 6. The Morgan fingerprint density at radius 3 is 1.32 bits per heavy atom. The largest absolute Gasteiger partial charge is 0.495 e. The first kappa shape index (κ1) is 92.6. The topological polar surface area (TPSA) is 344 Å². The van der Waals surface area contributed by atoms with Crippen molar-refractivity contribution >= 4 is 121 Å². The number of H-pyrrole nitrogens is 3. The summed E-state index contributed by atoms with van der Waals surface area (Å²) < 4.78 is 86.3. The van der Waals surface area contributed by atoms with Gasteiger partial charge in [0.05, 0.1) is 138 Å². The number of nitrogens with one attached hydrogen (secondary N) is 6. The molecule has 37 heteroatoms. The summed E-state index contributed by atoms with van der Waals surface area (Å²) in [6.45, 7) is 30.7. The molecule has 133 heavy (non-hydrogen) atoms. The first-order chi connectivity index (χ1) is 63.3. The zero-order valence-electron chi connectivity index (χ0n) is 77.8. The molecule has 0 bridgehead atoms. The Hall–Kier alpha value is -10.8. The van der Waals surface area contributed by atoms with Crippen LogP contribution in [-0.4, -0.2) is 188 Å². The monoisotopic (exact) mass is 1920 g/mol. The van der Waals surface area contributed by atoms with Gasteiger partial charge in [0.1, 0.15) is 63.3 Å². The molecule has 7 fully saturated rings. The minimum atomic E-state index is -0.769. The molecule has 2 saturated carbocycles. The smallest absolute Gasteiger partial charge is 0.464 e. The van der Waals surface area contributed by atoms with Crippen molar-refractivity contribution in [2.24, 2.45) is 17.8 Å². The van der Waals surface area contributed by atoms with Crippen molar-refractivity contribution < 1.29 is 75.1 Å². The Morgan fingerprint density at radius 1 is 0.481 bits per heavy atom. The number of carbonyl (C=O) groups is 6. The molecule has 7 aromatic heterocycles. The van der Waals surface area contributed by atoms with E-state index in [-0.39, 0.29) is 65.3 Å². The van der Waals surface area contributed by atoms with Gasteiger partial charge in [0.25, 0.3) is 0 Å². The lowest BCUT2D eigenvalue weighted by atomic mass is 9.78. The number of imidazole rings is 3. The lowest BCUT2D eigenvalue weighted by Crippen LogP contribution is -2.51. The van der Waals surface area contributed by atoms with Gasteiger partial charge in [0.2, 0.25) is 36.1 Å². The number of aromatic nitrogens is 10. The molecule has 6 N–H and O–H groups in total.